The first kappa shape index (κ1) is 20.8. The zero-order chi connectivity index (χ0) is 20.8. The number of anilines is 2. The van der Waals surface area contributed by atoms with E-state index in [1.54, 1.807) is 35.6 Å². The molecule has 0 atom stereocenters. The van der Waals surface area contributed by atoms with E-state index in [0.29, 0.717) is 17.1 Å². The van der Waals surface area contributed by atoms with E-state index in [-0.39, 0.29) is 11.8 Å². The molecule has 3 rings (SSSR count). The summed E-state index contributed by atoms with van der Waals surface area (Å²) < 4.78 is 6.31. The van der Waals surface area contributed by atoms with Gasteiger partial charge < -0.3 is 15.4 Å². The molecule has 2 N–H and O–H groups in total. The van der Waals surface area contributed by atoms with Crippen molar-refractivity contribution in [1.82, 2.24) is 0 Å². The van der Waals surface area contributed by atoms with E-state index in [1.807, 2.05) is 36.4 Å². The lowest BCUT2D eigenvalue weighted by Gasteiger charge is -2.11. The van der Waals surface area contributed by atoms with Gasteiger partial charge in [-0.05, 0) is 54.1 Å². The molecule has 0 spiro atoms. The molecule has 0 aliphatic carbocycles. The monoisotopic (exact) mass is 470 g/mol. The summed E-state index contributed by atoms with van der Waals surface area (Å²) in [5.74, 6) is 0.0305. The Hall–Kier alpha value is -2.90. The molecule has 0 bridgehead atoms. The highest BCUT2D eigenvalue weighted by molar-refractivity contribution is 9.10. The minimum atomic E-state index is -0.290. The summed E-state index contributed by atoms with van der Waals surface area (Å²) >= 11 is 5.04. The Bertz CT molecular complexity index is 1060. The van der Waals surface area contributed by atoms with Crippen molar-refractivity contribution in [3.05, 3.63) is 70.0 Å². The number of halogens is 1. The first-order valence-electron chi connectivity index (χ1n) is 8.75. The number of amides is 2. The second kappa shape index (κ2) is 9.54. The van der Waals surface area contributed by atoms with Crippen molar-refractivity contribution in [2.24, 2.45) is 0 Å². The molecular formula is C22H19BrN2O3S. The first-order chi connectivity index (χ1) is 13.9. The van der Waals surface area contributed by atoms with Crippen LogP contribution in [0.3, 0.4) is 0 Å². The van der Waals surface area contributed by atoms with E-state index in [1.165, 1.54) is 20.1 Å². The Morgan fingerprint density at radius 3 is 2.48 bits per heavy atom. The quantitative estimate of drug-likeness (QED) is 0.447. The van der Waals surface area contributed by atoms with Crippen molar-refractivity contribution in [2.75, 3.05) is 17.7 Å². The van der Waals surface area contributed by atoms with E-state index in [2.05, 4.69) is 26.6 Å². The van der Waals surface area contributed by atoms with Crippen molar-refractivity contribution >= 4 is 56.5 Å². The lowest BCUT2D eigenvalue weighted by atomic mass is 10.2. The average Bonchev–Trinajstić information content (AvgIpc) is 3.16. The summed E-state index contributed by atoms with van der Waals surface area (Å²) in [5, 5.41) is 5.47. The molecule has 0 unspecified atom stereocenters. The number of hydrogen-bond donors (Lipinski definition) is 2. The van der Waals surface area contributed by atoms with Crippen molar-refractivity contribution in [2.45, 2.75) is 6.92 Å². The normalized spacial score (nSPS) is 10.7. The molecule has 2 aromatic carbocycles. The minimum Gasteiger partial charge on any atom is -0.495 e. The van der Waals surface area contributed by atoms with Gasteiger partial charge in [-0.3, -0.25) is 9.59 Å². The minimum absolute atomic E-state index is 0.188. The van der Waals surface area contributed by atoms with Crippen LogP contribution in [0.15, 0.2) is 65.1 Å². The van der Waals surface area contributed by atoms with Gasteiger partial charge in [0, 0.05) is 32.9 Å². The van der Waals surface area contributed by atoms with Gasteiger partial charge >= 0.3 is 0 Å². The van der Waals surface area contributed by atoms with E-state index in [9.17, 15) is 9.59 Å². The standard InChI is InChI=1S/C22H19BrN2O3S/c1-14(26)24-17-7-10-20(28-2)19(13-17)25-22(27)12-9-18-8-11-21(29-18)15-3-5-16(23)6-4-15/h3-13H,1-2H3,(H,24,26)(H,25,27). The number of hydrogen-bond acceptors (Lipinski definition) is 4. The molecule has 0 saturated heterocycles. The molecular weight excluding hydrogens is 452 g/mol. The fourth-order valence-electron chi connectivity index (χ4n) is 2.63. The predicted octanol–water partition coefficient (Wildman–Crippen LogP) is 5.80. The summed E-state index contributed by atoms with van der Waals surface area (Å²) in [4.78, 5) is 25.7. The van der Waals surface area contributed by atoms with Crippen LogP contribution < -0.4 is 15.4 Å². The average molecular weight is 471 g/mol. The van der Waals surface area contributed by atoms with Crippen LogP contribution in [0, 0.1) is 0 Å². The molecule has 0 saturated carbocycles. The highest BCUT2D eigenvalue weighted by Gasteiger charge is 2.08. The molecule has 0 aliphatic rings. The third kappa shape index (κ3) is 5.79. The van der Waals surface area contributed by atoms with Gasteiger partial charge in [0.2, 0.25) is 11.8 Å². The second-order valence-corrected chi connectivity index (χ2v) is 8.16. The number of nitrogens with one attached hydrogen (secondary N) is 2. The van der Waals surface area contributed by atoms with Gasteiger partial charge in [-0.15, -0.1) is 11.3 Å². The van der Waals surface area contributed by atoms with E-state index in [0.717, 1.165) is 19.8 Å². The van der Waals surface area contributed by atoms with Gasteiger partial charge in [0.05, 0.1) is 12.8 Å². The Kier molecular flexibility index (Phi) is 6.85. The molecule has 7 heteroatoms. The molecule has 148 valence electrons. The van der Waals surface area contributed by atoms with Crippen LogP contribution in [-0.2, 0) is 9.59 Å². The highest BCUT2D eigenvalue weighted by Crippen LogP contribution is 2.30. The highest BCUT2D eigenvalue weighted by atomic mass is 79.9. The van der Waals surface area contributed by atoms with Crippen LogP contribution >= 0.6 is 27.3 Å². The number of carbonyl (C=O) groups is 2. The molecule has 3 aromatic rings. The third-order valence-electron chi connectivity index (χ3n) is 3.93. The van der Waals surface area contributed by atoms with Gasteiger partial charge in [0.25, 0.3) is 0 Å². The Balaban J connectivity index is 1.70. The lowest BCUT2D eigenvalue weighted by Crippen LogP contribution is -2.10. The van der Waals surface area contributed by atoms with Crippen LogP contribution in [0.5, 0.6) is 5.75 Å². The SMILES string of the molecule is COc1ccc(NC(C)=O)cc1NC(=O)C=Cc1ccc(-c2ccc(Br)cc2)s1. The van der Waals surface area contributed by atoms with Gasteiger partial charge in [-0.2, -0.15) is 0 Å². The van der Waals surface area contributed by atoms with Crippen LogP contribution in [0.1, 0.15) is 11.8 Å². The molecule has 1 aromatic heterocycles. The molecule has 29 heavy (non-hydrogen) atoms. The summed E-state index contributed by atoms with van der Waals surface area (Å²) in [6.45, 7) is 1.43. The summed E-state index contributed by atoms with van der Waals surface area (Å²) in [7, 11) is 1.52. The van der Waals surface area contributed by atoms with E-state index >= 15 is 0 Å². The maximum Gasteiger partial charge on any atom is 0.248 e. The molecule has 0 fully saturated rings. The number of rotatable bonds is 6. The maximum absolute atomic E-state index is 12.4. The van der Waals surface area contributed by atoms with Gasteiger partial charge in [0.15, 0.2) is 0 Å². The lowest BCUT2D eigenvalue weighted by molar-refractivity contribution is -0.114. The van der Waals surface area contributed by atoms with Crippen molar-refractivity contribution in [3.8, 4) is 16.2 Å². The van der Waals surface area contributed by atoms with Crippen molar-refractivity contribution in [3.63, 3.8) is 0 Å². The third-order valence-corrected chi connectivity index (χ3v) is 5.56. The number of ether oxygens (including phenoxy) is 1. The number of carbonyl (C=O) groups excluding carboxylic acids is 2. The zero-order valence-corrected chi connectivity index (χ0v) is 18.3. The second-order valence-electron chi connectivity index (χ2n) is 6.13. The number of benzene rings is 2. The Morgan fingerprint density at radius 2 is 1.79 bits per heavy atom. The van der Waals surface area contributed by atoms with Crippen LogP contribution in [0.2, 0.25) is 0 Å². The topological polar surface area (TPSA) is 67.4 Å². The molecule has 0 aliphatic heterocycles. The van der Waals surface area contributed by atoms with Crippen LogP contribution in [-0.4, -0.2) is 18.9 Å². The molecule has 2 amide bonds. The Labute approximate surface area is 181 Å². The van der Waals surface area contributed by atoms with Crippen molar-refractivity contribution < 1.29 is 14.3 Å². The molecule has 5 nitrogen and oxygen atoms in total. The van der Waals surface area contributed by atoms with Crippen molar-refractivity contribution in [1.29, 1.82) is 0 Å². The zero-order valence-electron chi connectivity index (χ0n) is 15.9. The number of thiophene rings is 1. The predicted molar refractivity (Wildman–Crippen MR) is 122 cm³/mol. The summed E-state index contributed by atoms with van der Waals surface area (Å²) in [5.41, 5.74) is 2.19. The first-order valence-corrected chi connectivity index (χ1v) is 10.4. The summed E-state index contributed by atoms with van der Waals surface area (Å²) in [6, 6.07) is 17.2. The van der Waals surface area contributed by atoms with Crippen LogP contribution in [0.4, 0.5) is 11.4 Å². The van der Waals surface area contributed by atoms with E-state index < -0.39 is 0 Å². The van der Waals surface area contributed by atoms with Gasteiger partial charge in [-0.1, -0.05) is 28.1 Å². The number of methoxy groups -OCH3 is 1. The molecule has 0 radical (unpaired) electrons. The molecule has 1 heterocycles. The smallest absolute Gasteiger partial charge is 0.248 e. The van der Waals surface area contributed by atoms with E-state index in [4.69, 9.17) is 4.74 Å². The maximum atomic E-state index is 12.4. The van der Waals surface area contributed by atoms with Gasteiger partial charge in [-0.25, -0.2) is 0 Å². The Morgan fingerprint density at radius 1 is 1.03 bits per heavy atom. The van der Waals surface area contributed by atoms with Crippen LogP contribution in [0.25, 0.3) is 16.5 Å². The summed E-state index contributed by atoms with van der Waals surface area (Å²) in [6.07, 6.45) is 3.24. The fraction of sp³-hybridized carbons (Fsp3) is 0.0909. The fourth-order valence-corrected chi connectivity index (χ4v) is 3.81. The largest absolute Gasteiger partial charge is 0.495 e. The van der Waals surface area contributed by atoms with Gasteiger partial charge in [0.1, 0.15) is 5.75 Å².